The second-order valence-corrected chi connectivity index (χ2v) is 5.05. The van der Waals surface area contributed by atoms with Gasteiger partial charge in [-0.3, -0.25) is 15.0 Å². The Morgan fingerprint density at radius 1 is 1.57 bits per heavy atom. The number of nitro benzene ring substituents is 1. The van der Waals surface area contributed by atoms with E-state index in [0.717, 1.165) is 25.1 Å². The number of nitro groups is 1. The Bertz CT molecular complexity index is 546. The van der Waals surface area contributed by atoms with Crippen LogP contribution >= 0.6 is 0 Å². The van der Waals surface area contributed by atoms with Crippen LogP contribution < -0.4 is 0 Å². The van der Waals surface area contributed by atoms with Crippen molar-refractivity contribution >= 4 is 11.7 Å². The molecule has 0 aliphatic carbocycles. The van der Waals surface area contributed by atoms with E-state index in [9.17, 15) is 14.9 Å². The Labute approximate surface area is 122 Å². The molecule has 0 unspecified atom stereocenters. The lowest BCUT2D eigenvalue weighted by molar-refractivity contribution is -0.385. The molecule has 0 saturated carbocycles. The lowest BCUT2D eigenvalue weighted by Crippen LogP contribution is -2.41. The normalized spacial score (nSPS) is 19.4. The molecule has 21 heavy (non-hydrogen) atoms. The van der Waals surface area contributed by atoms with Gasteiger partial charge in [0.05, 0.1) is 17.6 Å². The summed E-state index contributed by atoms with van der Waals surface area (Å²) >= 11 is 0. The predicted molar refractivity (Wildman–Crippen MR) is 75.4 cm³/mol. The topological polar surface area (TPSA) is 92.9 Å². The third-order valence-electron chi connectivity index (χ3n) is 3.57. The van der Waals surface area contributed by atoms with Crippen LogP contribution in [0.3, 0.4) is 0 Å². The monoisotopic (exact) mass is 294 g/mol. The molecule has 1 atom stereocenters. The minimum Gasteiger partial charge on any atom is -0.477 e. The minimum atomic E-state index is -1.28. The first-order valence-electron chi connectivity index (χ1n) is 6.85. The van der Waals surface area contributed by atoms with E-state index in [1.807, 2.05) is 0 Å². The van der Waals surface area contributed by atoms with Crippen LogP contribution in [-0.2, 0) is 11.3 Å². The third-order valence-corrected chi connectivity index (χ3v) is 3.57. The van der Waals surface area contributed by atoms with E-state index in [1.54, 1.807) is 6.07 Å². The first kappa shape index (κ1) is 15.4. The molecule has 1 aliphatic rings. The van der Waals surface area contributed by atoms with Gasteiger partial charge < -0.3 is 9.84 Å². The quantitative estimate of drug-likeness (QED) is 0.658. The average molecular weight is 294 g/mol. The van der Waals surface area contributed by atoms with Gasteiger partial charge >= 0.3 is 5.97 Å². The summed E-state index contributed by atoms with van der Waals surface area (Å²) in [5.74, 6) is -1.28. The Morgan fingerprint density at radius 2 is 2.33 bits per heavy atom. The van der Waals surface area contributed by atoms with Gasteiger partial charge in [-0.05, 0) is 18.1 Å². The molecule has 1 heterocycles. The molecule has 0 amide bonds. The molecule has 1 aromatic rings. The van der Waals surface area contributed by atoms with Crippen molar-refractivity contribution in [3.8, 4) is 0 Å². The van der Waals surface area contributed by atoms with Crippen molar-refractivity contribution in [2.75, 3.05) is 19.7 Å². The van der Waals surface area contributed by atoms with Crippen molar-refractivity contribution in [2.24, 2.45) is 0 Å². The highest BCUT2D eigenvalue weighted by Gasteiger charge is 2.22. The van der Waals surface area contributed by atoms with Gasteiger partial charge in [-0.15, -0.1) is 0 Å². The Kier molecular flexibility index (Phi) is 4.87. The number of morpholine rings is 1. The summed E-state index contributed by atoms with van der Waals surface area (Å²) < 4.78 is 5.58. The predicted octanol–water partition coefficient (Wildman–Crippen LogP) is 1.90. The summed E-state index contributed by atoms with van der Waals surface area (Å²) in [5.41, 5.74) is 0.118. The van der Waals surface area contributed by atoms with E-state index in [2.05, 4.69) is 11.8 Å². The van der Waals surface area contributed by atoms with E-state index >= 15 is 0 Å². The van der Waals surface area contributed by atoms with Crippen molar-refractivity contribution in [3.63, 3.8) is 0 Å². The van der Waals surface area contributed by atoms with Gasteiger partial charge in [0.15, 0.2) is 0 Å². The molecule has 1 aliphatic heterocycles. The van der Waals surface area contributed by atoms with Crippen molar-refractivity contribution in [1.82, 2.24) is 4.90 Å². The second kappa shape index (κ2) is 6.64. The molecule has 2 rings (SSSR count). The van der Waals surface area contributed by atoms with Crippen LogP contribution in [0, 0.1) is 10.1 Å². The first-order chi connectivity index (χ1) is 10.0. The van der Waals surface area contributed by atoms with Gasteiger partial charge in [-0.2, -0.15) is 0 Å². The Balaban J connectivity index is 2.15. The summed E-state index contributed by atoms with van der Waals surface area (Å²) in [6, 6.07) is 4.26. The van der Waals surface area contributed by atoms with Crippen LogP contribution in [0.15, 0.2) is 18.2 Å². The Hall–Kier alpha value is -1.99. The lowest BCUT2D eigenvalue weighted by atomic mass is 10.1. The molecule has 0 bridgehead atoms. The summed E-state index contributed by atoms with van der Waals surface area (Å²) in [6.45, 7) is 4.84. The zero-order valence-electron chi connectivity index (χ0n) is 11.8. The smallest absolute Gasteiger partial charge is 0.342 e. The molecular formula is C14H18N2O5. The fourth-order valence-electron chi connectivity index (χ4n) is 2.44. The number of hydrogen-bond acceptors (Lipinski definition) is 5. The van der Waals surface area contributed by atoms with Crippen LogP contribution in [-0.4, -0.2) is 46.7 Å². The van der Waals surface area contributed by atoms with Crippen molar-refractivity contribution in [1.29, 1.82) is 0 Å². The fourth-order valence-corrected chi connectivity index (χ4v) is 2.44. The summed E-state index contributed by atoms with van der Waals surface area (Å²) in [6.07, 6.45) is 1.12. The lowest BCUT2D eigenvalue weighted by Gasteiger charge is -2.32. The highest BCUT2D eigenvalue weighted by atomic mass is 16.6. The van der Waals surface area contributed by atoms with E-state index < -0.39 is 10.9 Å². The standard InChI is InChI=1S/C14H18N2O5/c1-2-11-9-15(5-6-21-11)8-10-3-4-13(16(19)20)12(7-10)14(17)18/h3-4,7,11H,2,5-6,8-9H2,1H3,(H,17,18)/t11-/m1/s1. The minimum absolute atomic E-state index is 0.191. The van der Waals surface area contributed by atoms with Crippen LogP contribution in [0.5, 0.6) is 0 Å². The molecule has 1 aromatic carbocycles. The van der Waals surface area contributed by atoms with Crippen LogP contribution in [0.1, 0.15) is 29.3 Å². The highest BCUT2D eigenvalue weighted by Crippen LogP contribution is 2.21. The fraction of sp³-hybridized carbons (Fsp3) is 0.500. The van der Waals surface area contributed by atoms with Crippen LogP contribution in [0.25, 0.3) is 0 Å². The molecule has 0 radical (unpaired) electrons. The van der Waals surface area contributed by atoms with E-state index in [4.69, 9.17) is 9.84 Å². The molecule has 1 fully saturated rings. The van der Waals surface area contributed by atoms with Gasteiger partial charge in [0.25, 0.3) is 5.69 Å². The summed E-state index contributed by atoms with van der Waals surface area (Å²) in [7, 11) is 0. The van der Waals surface area contributed by atoms with Gasteiger partial charge in [0.1, 0.15) is 5.56 Å². The van der Waals surface area contributed by atoms with Gasteiger partial charge in [-0.25, -0.2) is 4.79 Å². The number of carbonyl (C=O) groups is 1. The SMILES string of the molecule is CC[C@@H]1CN(Cc2ccc([N+](=O)[O-])c(C(=O)O)c2)CCO1. The molecule has 0 spiro atoms. The molecule has 1 N–H and O–H groups in total. The molecule has 0 aromatic heterocycles. The molecule has 1 saturated heterocycles. The largest absolute Gasteiger partial charge is 0.477 e. The average Bonchev–Trinajstić information content (AvgIpc) is 2.47. The van der Waals surface area contributed by atoms with Gasteiger partial charge in [0.2, 0.25) is 0 Å². The van der Waals surface area contributed by atoms with Crippen molar-refractivity contribution in [2.45, 2.75) is 26.0 Å². The summed E-state index contributed by atoms with van der Waals surface area (Å²) in [4.78, 5) is 23.5. The van der Waals surface area contributed by atoms with Gasteiger partial charge in [0, 0.05) is 25.7 Å². The molecule has 7 nitrogen and oxygen atoms in total. The maximum absolute atomic E-state index is 11.1. The number of benzene rings is 1. The zero-order valence-corrected chi connectivity index (χ0v) is 11.8. The van der Waals surface area contributed by atoms with Gasteiger partial charge in [-0.1, -0.05) is 13.0 Å². The second-order valence-electron chi connectivity index (χ2n) is 5.05. The molecule has 114 valence electrons. The maximum Gasteiger partial charge on any atom is 0.342 e. The van der Waals surface area contributed by atoms with E-state index in [0.29, 0.717) is 13.2 Å². The Morgan fingerprint density at radius 3 is 2.95 bits per heavy atom. The van der Waals surface area contributed by atoms with Crippen molar-refractivity contribution in [3.05, 3.63) is 39.4 Å². The molecular weight excluding hydrogens is 276 g/mol. The number of hydrogen-bond donors (Lipinski definition) is 1. The van der Waals surface area contributed by atoms with Crippen molar-refractivity contribution < 1.29 is 19.6 Å². The van der Waals surface area contributed by atoms with E-state index in [1.165, 1.54) is 12.1 Å². The number of carboxylic acid groups (broad SMARTS) is 1. The maximum atomic E-state index is 11.1. The van der Waals surface area contributed by atoms with Crippen LogP contribution in [0.4, 0.5) is 5.69 Å². The summed E-state index contributed by atoms with van der Waals surface area (Å²) in [5, 5.41) is 19.9. The number of aromatic carboxylic acids is 1. The van der Waals surface area contributed by atoms with Crippen LogP contribution in [0.2, 0.25) is 0 Å². The highest BCUT2D eigenvalue weighted by molar-refractivity contribution is 5.92. The zero-order chi connectivity index (χ0) is 15.4. The first-order valence-corrected chi connectivity index (χ1v) is 6.85. The number of rotatable bonds is 5. The third kappa shape index (κ3) is 3.77. The number of ether oxygens (including phenoxy) is 1. The van der Waals surface area contributed by atoms with E-state index in [-0.39, 0.29) is 17.4 Å². The number of carboxylic acids is 1. The molecule has 7 heteroatoms. The number of nitrogens with zero attached hydrogens (tertiary/aromatic N) is 2.